The summed E-state index contributed by atoms with van der Waals surface area (Å²) in [7, 11) is 0. The molecule has 0 atom stereocenters. The van der Waals surface area contributed by atoms with E-state index in [1.807, 2.05) is 0 Å². The van der Waals surface area contributed by atoms with E-state index in [-0.39, 0.29) is 11.7 Å². The molecular formula is C7H10O4. The van der Waals surface area contributed by atoms with Crippen LogP contribution < -0.4 is 0 Å². The first kappa shape index (κ1) is 9.68. The molecule has 0 aliphatic carbocycles. The zero-order valence-corrected chi connectivity index (χ0v) is 6.37. The van der Waals surface area contributed by atoms with E-state index in [2.05, 4.69) is 0 Å². The van der Waals surface area contributed by atoms with Crippen LogP contribution in [0.3, 0.4) is 0 Å². The van der Waals surface area contributed by atoms with E-state index in [1.165, 1.54) is 0 Å². The smallest absolute Gasteiger partial charge is 0.376 e. The molecule has 0 fully saturated rings. The van der Waals surface area contributed by atoms with Gasteiger partial charge < -0.3 is 10.2 Å². The fraction of sp³-hybridized carbons (Fsp3) is 0.429. The Morgan fingerprint density at radius 2 is 1.73 bits per heavy atom. The maximum atomic E-state index is 10.4. The number of rotatable bonds is 3. The number of carbonyl (C=O) groups excluding carboxylic acids is 1. The van der Waals surface area contributed by atoms with E-state index in [0.29, 0.717) is 6.08 Å². The number of aliphatic carboxylic acids is 1. The summed E-state index contributed by atoms with van der Waals surface area (Å²) in [6.45, 7) is 3.31. The van der Waals surface area contributed by atoms with Crippen LogP contribution in [-0.4, -0.2) is 22.0 Å². The minimum atomic E-state index is -1.56. The van der Waals surface area contributed by atoms with E-state index in [1.54, 1.807) is 13.8 Å². The second-order valence-electron chi connectivity index (χ2n) is 2.39. The first-order chi connectivity index (χ1) is 4.95. The Labute approximate surface area is 64.2 Å². The average Bonchev–Trinajstić information content (AvgIpc) is 1.87. The van der Waals surface area contributed by atoms with Gasteiger partial charge in [-0.05, 0) is 0 Å². The summed E-state index contributed by atoms with van der Waals surface area (Å²) in [6, 6.07) is 0. The van der Waals surface area contributed by atoms with Gasteiger partial charge >= 0.3 is 5.97 Å². The fourth-order valence-corrected chi connectivity index (χ4v) is 0.363. The van der Waals surface area contributed by atoms with Crippen molar-refractivity contribution in [2.75, 3.05) is 0 Å². The first-order valence-electron chi connectivity index (χ1n) is 3.13. The van der Waals surface area contributed by atoms with Gasteiger partial charge in [-0.3, -0.25) is 4.79 Å². The minimum absolute atomic E-state index is 0.211. The van der Waals surface area contributed by atoms with Gasteiger partial charge in [-0.15, -0.1) is 0 Å². The van der Waals surface area contributed by atoms with Gasteiger partial charge in [-0.2, -0.15) is 0 Å². The second-order valence-corrected chi connectivity index (χ2v) is 2.39. The molecule has 0 bridgehead atoms. The molecular weight excluding hydrogens is 148 g/mol. The van der Waals surface area contributed by atoms with Crippen molar-refractivity contribution in [1.82, 2.24) is 0 Å². The lowest BCUT2D eigenvalue weighted by molar-refractivity contribution is -0.146. The van der Waals surface area contributed by atoms with Crippen molar-refractivity contribution in [3.8, 4) is 0 Å². The highest BCUT2D eigenvalue weighted by atomic mass is 16.4. The van der Waals surface area contributed by atoms with Crippen molar-refractivity contribution in [3.05, 3.63) is 11.8 Å². The zero-order chi connectivity index (χ0) is 9.02. The molecule has 2 N–H and O–H groups in total. The number of carbonyl (C=O) groups is 2. The molecule has 0 unspecified atom stereocenters. The molecule has 0 aliphatic rings. The Morgan fingerprint density at radius 3 is 2.00 bits per heavy atom. The summed E-state index contributed by atoms with van der Waals surface area (Å²) in [5, 5.41) is 17.0. The van der Waals surface area contributed by atoms with Gasteiger partial charge in [0.25, 0.3) is 5.78 Å². The SMILES string of the molecule is CC(C)C(O)=CC(=O)C(=O)O. The minimum Gasteiger partial charge on any atom is -0.512 e. The van der Waals surface area contributed by atoms with Gasteiger partial charge in [0.1, 0.15) is 0 Å². The second kappa shape index (κ2) is 3.75. The van der Waals surface area contributed by atoms with Crippen LogP contribution in [0.4, 0.5) is 0 Å². The van der Waals surface area contributed by atoms with E-state index in [4.69, 9.17) is 10.2 Å². The number of aliphatic hydroxyl groups is 1. The van der Waals surface area contributed by atoms with E-state index in [0.717, 1.165) is 0 Å². The van der Waals surface area contributed by atoms with Crippen LogP contribution in [0.15, 0.2) is 11.8 Å². The highest BCUT2D eigenvalue weighted by molar-refractivity contribution is 6.37. The molecule has 0 saturated carbocycles. The lowest BCUT2D eigenvalue weighted by Crippen LogP contribution is -2.10. The van der Waals surface area contributed by atoms with Crippen molar-refractivity contribution in [1.29, 1.82) is 0 Å². The number of hydrogen-bond donors (Lipinski definition) is 2. The largest absolute Gasteiger partial charge is 0.512 e. The lowest BCUT2D eigenvalue weighted by Gasteiger charge is -2.00. The molecule has 0 amide bonds. The number of carboxylic acid groups (broad SMARTS) is 1. The van der Waals surface area contributed by atoms with E-state index < -0.39 is 11.8 Å². The van der Waals surface area contributed by atoms with Crippen LogP contribution in [0.5, 0.6) is 0 Å². The maximum Gasteiger partial charge on any atom is 0.376 e. The standard InChI is InChI=1S/C7H10O4/c1-4(2)5(8)3-6(9)7(10)11/h3-4,8H,1-2H3,(H,10,11). The zero-order valence-electron chi connectivity index (χ0n) is 6.37. The van der Waals surface area contributed by atoms with Gasteiger partial charge in [0.05, 0.1) is 5.76 Å². The highest BCUT2D eigenvalue weighted by Gasteiger charge is 2.10. The molecule has 0 saturated heterocycles. The van der Waals surface area contributed by atoms with E-state index in [9.17, 15) is 9.59 Å². The van der Waals surface area contributed by atoms with Crippen LogP contribution in [-0.2, 0) is 9.59 Å². The molecule has 0 aromatic rings. The third kappa shape index (κ3) is 3.40. The van der Waals surface area contributed by atoms with Gasteiger partial charge in [-0.25, -0.2) is 4.79 Å². The third-order valence-electron chi connectivity index (χ3n) is 1.08. The van der Waals surface area contributed by atoms with Crippen LogP contribution in [0.25, 0.3) is 0 Å². The molecule has 0 aromatic carbocycles. The molecule has 0 aliphatic heterocycles. The predicted octanol–water partition coefficient (Wildman–Crippen LogP) is 0.738. The van der Waals surface area contributed by atoms with Gasteiger partial charge in [0, 0.05) is 12.0 Å². The monoisotopic (exact) mass is 158 g/mol. The average molecular weight is 158 g/mol. The molecule has 4 heteroatoms. The van der Waals surface area contributed by atoms with Gasteiger partial charge in [0.15, 0.2) is 0 Å². The van der Waals surface area contributed by atoms with Crippen LogP contribution >= 0.6 is 0 Å². The van der Waals surface area contributed by atoms with Gasteiger partial charge in [0.2, 0.25) is 0 Å². The lowest BCUT2D eigenvalue weighted by atomic mass is 10.1. The number of ketones is 1. The Balaban J connectivity index is 4.32. The Bertz CT molecular complexity index is 202. The number of hydrogen-bond acceptors (Lipinski definition) is 3. The van der Waals surface area contributed by atoms with Crippen molar-refractivity contribution in [3.63, 3.8) is 0 Å². The quantitative estimate of drug-likeness (QED) is 0.361. The van der Waals surface area contributed by atoms with Crippen molar-refractivity contribution < 1.29 is 19.8 Å². The first-order valence-corrected chi connectivity index (χ1v) is 3.13. The van der Waals surface area contributed by atoms with Crippen LogP contribution in [0, 0.1) is 5.92 Å². The molecule has 0 heterocycles. The summed E-state index contributed by atoms with van der Waals surface area (Å²) in [5.74, 6) is -3.09. The molecule has 0 rings (SSSR count). The summed E-state index contributed by atoms with van der Waals surface area (Å²) in [5.41, 5.74) is 0. The number of carboxylic acids is 1. The van der Waals surface area contributed by atoms with Crippen LogP contribution in [0.1, 0.15) is 13.8 Å². The molecule has 11 heavy (non-hydrogen) atoms. The third-order valence-corrected chi connectivity index (χ3v) is 1.08. The summed E-state index contributed by atoms with van der Waals surface area (Å²) >= 11 is 0. The molecule has 0 radical (unpaired) electrons. The predicted molar refractivity (Wildman–Crippen MR) is 38.2 cm³/mol. The summed E-state index contributed by atoms with van der Waals surface area (Å²) in [6.07, 6.45) is 0.715. The summed E-state index contributed by atoms with van der Waals surface area (Å²) in [4.78, 5) is 20.4. The summed E-state index contributed by atoms with van der Waals surface area (Å²) < 4.78 is 0. The fourth-order valence-electron chi connectivity index (χ4n) is 0.363. The topological polar surface area (TPSA) is 74.6 Å². The van der Waals surface area contributed by atoms with Crippen molar-refractivity contribution in [2.24, 2.45) is 5.92 Å². The van der Waals surface area contributed by atoms with Crippen molar-refractivity contribution in [2.45, 2.75) is 13.8 Å². The van der Waals surface area contributed by atoms with Crippen LogP contribution in [0.2, 0.25) is 0 Å². The normalized spacial score (nSPS) is 11.7. The molecule has 0 aromatic heterocycles. The Morgan fingerprint density at radius 1 is 1.27 bits per heavy atom. The molecule has 0 spiro atoms. The highest BCUT2D eigenvalue weighted by Crippen LogP contribution is 2.04. The molecule has 4 nitrogen and oxygen atoms in total. The van der Waals surface area contributed by atoms with Gasteiger partial charge in [-0.1, -0.05) is 13.8 Å². The number of aliphatic hydroxyl groups excluding tert-OH is 1. The maximum absolute atomic E-state index is 10.4. The number of allylic oxidation sites excluding steroid dienone is 1. The Hall–Kier alpha value is -1.32. The van der Waals surface area contributed by atoms with E-state index >= 15 is 0 Å². The Kier molecular flexibility index (Phi) is 3.30. The van der Waals surface area contributed by atoms with Crippen molar-refractivity contribution >= 4 is 11.8 Å². The molecule has 62 valence electrons.